The van der Waals surface area contributed by atoms with Crippen LogP contribution in [0.5, 0.6) is 0 Å². The van der Waals surface area contributed by atoms with Gasteiger partial charge in [-0.1, -0.05) is 6.07 Å². The van der Waals surface area contributed by atoms with Crippen LogP contribution in [-0.2, 0) is 4.74 Å². The van der Waals surface area contributed by atoms with Crippen LogP contribution in [0.25, 0.3) is 10.6 Å². The molecule has 11 heteroatoms. The fraction of sp³-hybridized carbons (Fsp3) is 0.304. The van der Waals surface area contributed by atoms with Crippen molar-refractivity contribution in [1.82, 2.24) is 19.8 Å². The number of benzene rings is 1. The summed E-state index contributed by atoms with van der Waals surface area (Å²) in [7, 11) is 3.87. The molecule has 2 aromatic heterocycles. The number of hydrogen-bond donors (Lipinski definition) is 1. The van der Waals surface area contributed by atoms with Gasteiger partial charge < -0.3 is 19.9 Å². The molecule has 1 aliphatic rings. The molecule has 1 unspecified atom stereocenters. The van der Waals surface area contributed by atoms with E-state index in [2.05, 4.69) is 15.3 Å². The number of rotatable bonds is 6. The molecule has 1 aromatic carbocycles. The van der Waals surface area contributed by atoms with Gasteiger partial charge in [-0.2, -0.15) is 0 Å². The first-order valence-corrected chi connectivity index (χ1v) is 11.4. The molecule has 1 N–H and O–H groups in total. The van der Waals surface area contributed by atoms with E-state index in [9.17, 15) is 18.4 Å². The van der Waals surface area contributed by atoms with Gasteiger partial charge in [0.05, 0.1) is 35.7 Å². The van der Waals surface area contributed by atoms with Crippen LogP contribution in [0.2, 0.25) is 0 Å². The van der Waals surface area contributed by atoms with Crippen LogP contribution in [0.3, 0.4) is 0 Å². The summed E-state index contributed by atoms with van der Waals surface area (Å²) in [4.78, 5) is 37.8. The Labute approximate surface area is 199 Å². The van der Waals surface area contributed by atoms with Gasteiger partial charge in [-0.05, 0) is 32.3 Å². The smallest absolute Gasteiger partial charge is 0.275 e. The van der Waals surface area contributed by atoms with Crippen LogP contribution in [0.1, 0.15) is 20.8 Å². The molecule has 178 valence electrons. The minimum absolute atomic E-state index is 0.0256. The predicted molar refractivity (Wildman–Crippen MR) is 124 cm³/mol. The fourth-order valence-corrected chi connectivity index (χ4v) is 4.50. The SMILES string of the molecule is CN(C)CC1CN(C(=O)c2ccncc2NC(=O)c2csc(-c3c(F)cccc3F)n2)CCO1. The number of thiazole rings is 1. The number of carbonyl (C=O) groups is 2. The molecule has 0 spiro atoms. The van der Waals surface area contributed by atoms with Crippen molar-refractivity contribution in [3.63, 3.8) is 0 Å². The first-order valence-electron chi connectivity index (χ1n) is 10.5. The summed E-state index contributed by atoms with van der Waals surface area (Å²) in [5.74, 6) is -2.40. The summed E-state index contributed by atoms with van der Waals surface area (Å²) in [6.45, 7) is 1.96. The standard InChI is InChI=1S/C23H23F2N5O3S/c1-29(2)11-14-12-30(8-9-33-14)23(32)15-6-7-26-10-18(15)27-21(31)19-13-34-22(28-19)20-16(24)4-3-5-17(20)25/h3-7,10,13-14H,8-9,11-12H2,1-2H3,(H,27,31). The summed E-state index contributed by atoms with van der Waals surface area (Å²) in [6, 6.07) is 5.05. The van der Waals surface area contributed by atoms with Crippen molar-refractivity contribution in [2.45, 2.75) is 6.10 Å². The van der Waals surface area contributed by atoms with Crippen molar-refractivity contribution >= 4 is 28.8 Å². The maximum Gasteiger partial charge on any atom is 0.275 e. The summed E-state index contributed by atoms with van der Waals surface area (Å²) in [5.41, 5.74) is 0.190. The van der Waals surface area contributed by atoms with Crippen LogP contribution >= 0.6 is 11.3 Å². The molecule has 0 saturated carbocycles. The zero-order valence-corrected chi connectivity index (χ0v) is 19.4. The van der Waals surface area contributed by atoms with E-state index in [4.69, 9.17) is 4.74 Å². The number of morpholine rings is 1. The maximum atomic E-state index is 14.1. The second-order valence-electron chi connectivity index (χ2n) is 8.02. The molecule has 3 aromatic rings. The van der Waals surface area contributed by atoms with Gasteiger partial charge in [0.1, 0.15) is 22.3 Å². The minimum atomic E-state index is -0.764. The van der Waals surface area contributed by atoms with E-state index < -0.39 is 17.5 Å². The third-order valence-electron chi connectivity index (χ3n) is 5.21. The van der Waals surface area contributed by atoms with Crippen LogP contribution in [0.15, 0.2) is 42.0 Å². The van der Waals surface area contributed by atoms with Gasteiger partial charge in [-0.15, -0.1) is 11.3 Å². The van der Waals surface area contributed by atoms with Crippen LogP contribution in [0.4, 0.5) is 14.5 Å². The Morgan fingerprint density at radius 3 is 2.76 bits per heavy atom. The van der Waals surface area contributed by atoms with E-state index in [-0.39, 0.29) is 39.5 Å². The number of amides is 2. The number of hydrogen-bond acceptors (Lipinski definition) is 7. The number of carbonyl (C=O) groups excluding carboxylic acids is 2. The zero-order chi connectivity index (χ0) is 24.2. The topological polar surface area (TPSA) is 87.7 Å². The molecule has 2 amide bonds. The molecule has 34 heavy (non-hydrogen) atoms. The molecule has 1 saturated heterocycles. The second kappa shape index (κ2) is 10.3. The highest BCUT2D eigenvalue weighted by atomic mass is 32.1. The zero-order valence-electron chi connectivity index (χ0n) is 18.6. The van der Waals surface area contributed by atoms with Crippen molar-refractivity contribution in [2.75, 3.05) is 45.7 Å². The number of likely N-dealkylation sites (N-methyl/N-ethyl adjacent to an activating group) is 1. The van der Waals surface area contributed by atoms with Gasteiger partial charge in [0.15, 0.2) is 0 Å². The van der Waals surface area contributed by atoms with Crippen LogP contribution in [-0.4, -0.2) is 78.0 Å². The number of nitrogens with zero attached hydrogens (tertiary/aromatic N) is 4. The summed E-state index contributed by atoms with van der Waals surface area (Å²) in [5, 5.41) is 4.10. The molecular weight excluding hydrogens is 464 g/mol. The van der Waals surface area contributed by atoms with Gasteiger partial charge in [0.25, 0.3) is 11.8 Å². The Morgan fingerprint density at radius 1 is 1.26 bits per heavy atom. The summed E-state index contributed by atoms with van der Waals surface area (Å²) in [6.07, 6.45) is 2.75. The van der Waals surface area contributed by atoms with E-state index in [1.165, 1.54) is 29.9 Å². The Morgan fingerprint density at radius 2 is 2.03 bits per heavy atom. The Bertz CT molecular complexity index is 1180. The lowest BCUT2D eigenvalue weighted by Gasteiger charge is -2.34. The molecule has 4 rings (SSSR count). The molecular formula is C23H23F2N5O3S. The summed E-state index contributed by atoms with van der Waals surface area (Å²) < 4.78 is 33.9. The van der Waals surface area contributed by atoms with E-state index >= 15 is 0 Å². The predicted octanol–water partition coefficient (Wildman–Crippen LogP) is 3.14. The third kappa shape index (κ3) is 5.27. The average Bonchev–Trinajstić information content (AvgIpc) is 3.28. The van der Waals surface area contributed by atoms with Crippen molar-refractivity contribution in [1.29, 1.82) is 0 Å². The molecule has 1 fully saturated rings. The quantitative estimate of drug-likeness (QED) is 0.575. The molecule has 1 aliphatic heterocycles. The Balaban J connectivity index is 1.51. The molecule has 0 radical (unpaired) electrons. The normalized spacial score (nSPS) is 16.0. The van der Waals surface area contributed by atoms with E-state index in [1.54, 1.807) is 4.90 Å². The number of halogens is 2. The highest BCUT2D eigenvalue weighted by molar-refractivity contribution is 7.13. The Hall–Kier alpha value is -3.28. The van der Waals surface area contributed by atoms with Gasteiger partial charge in [0.2, 0.25) is 0 Å². The van der Waals surface area contributed by atoms with E-state index in [0.29, 0.717) is 26.2 Å². The molecule has 0 aliphatic carbocycles. The van der Waals surface area contributed by atoms with Crippen molar-refractivity contribution in [3.8, 4) is 10.6 Å². The van der Waals surface area contributed by atoms with Crippen LogP contribution < -0.4 is 5.32 Å². The fourth-order valence-electron chi connectivity index (χ4n) is 3.65. The number of ether oxygens (including phenoxy) is 1. The Kier molecular flexibility index (Phi) is 7.25. The maximum absolute atomic E-state index is 14.1. The van der Waals surface area contributed by atoms with E-state index in [1.807, 2.05) is 19.0 Å². The van der Waals surface area contributed by atoms with Gasteiger partial charge in [-0.25, -0.2) is 13.8 Å². The van der Waals surface area contributed by atoms with Gasteiger partial charge in [0, 0.05) is 31.2 Å². The van der Waals surface area contributed by atoms with Crippen molar-refractivity contribution < 1.29 is 23.1 Å². The minimum Gasteiger partial charge on any atom is -0.373 e. The number of aromatic nitrogens is 2. The first-order chi connectivity index (χ1) is 16.3. The second-order valence-corrected chi connectivity index (χ2v) is 8.87. The van der Waals surface area contributed by atoms with E-state index in [0.717, 1.165) is 23.5 Å². The lowest BCUT2D eigenvalue weighted by atomic mass is 10.1. The molecule has 0 bridgehead atoms. The number of pyridine rings is 1. The molecule has 8 nitrogen and oxygen atoms in total. The van der Waals surface area contributed by atoms with Gasteiger partial charge in [-0.3, -0.25) is 14.6 Å². The number of anilines is 1. The number of nitrogens with one attached hydrogen (secondary N) is 1. The van der Waals surface area contributed by atoms with Gasteiger partial charge >= 0.3 is 0 Å². The lowest BCUT2D eigenvalue weighted by molar-refractivity contribution is -0.0306. The highest BCUT2D eigenvalue weighted by Gasteiger charge is 2.27. The largest absolute Gasteiger partial charge is 0.373 e. The van der Waals surface area contributed by atoms with Crippen LogP contribution in [0, 0.1) is 11.6 Å². The average molecular weight is 488 g/mol. The first kappa shape index (κ1) is 23.9. The monoisotopic (exact) mass is 487 g/mol. The summed E-state index contributed by atoms with van der Waals surface area (Å²) >= 11 is 0.947. The highest BCUT2D eigenvalue weighted by Crippen LogP contribution is 2.29. The molecule has 1 atom stereocenters. The third-order valence-corrected chi connectivity index (χ3v) is 6.07. The van der Waals surface area contributed by atoms with Crippen molar-refractivity contribution in [3.05, 3.63) is 64.9 Å². The molecule has 3 heterocycles. The lowest BCUT2D eigenvalue weighted by Crippen LogP contribution is -2.48. The van der Waals surface area contributed by atoms with Crippen molar-refractivity contribution in [2.24, 2.45) is 0 Å².